The molecule has 1 aliphatic rings. The zero-order chi connectivity index (χ0) is 20.0. The van der Waals surface area contributed by atoms with Crippen LogP contribution in [0.2, 0.25) is 0 Å². The quantitative estimate of drug-likeness (QED) is 0.733. The van der Waals surface area contributed by atoms with E-state index in [0.29, 0.717) is 18.9 Å². The Morgan fingerprint density at radius 2 is 1.96 bits per heavy atom. The summed E-state index contributed by atoms with van der Waals surface area (Å²) >= 11 is 0. The van der Waals surface area contributed by atoms with E-state index in [9.17, 15) is 13.2 Å². The fourth-order valence-corrected chi connectivity index (χ4v) is 4.65. The van der Waals surface area contributed by atoms with E-state index in [0.717, 1.165) is 24.2 Å². The molecular formula is C20H32N2O4S. The maximum atomic E-state index is 12.9. The molecule has 1 aromatic carbocycles. The van der Waals surface area contributed by atoms with Crippen LogP contribution in [0.1, 0.15) is 51.6 Å². The second-order valence-electron chi connectivity index (χ2n) is 7.56. The molecule has 1 saturated heterocycles. The van der Waals surface area contributed by atoms with Crippen LogP contribution in [0, 0.1) is 11.8 Å². The van der Waals surface area contributed by atoms with Gasteiger partial charge in [0.05, 0.1) is 24.8 Å². The van der Waals surface area contributed by atoms with Crippen molar-refractivity contribution in [2.24, 2.45) is 11.8 Å². The molecule has 1 fully saturated rings. The Bertz CT molecular complexity index is 716. The highest BCUT2D eigenvalue weighted by Gasteiger charge is 2.32. The van der Waals surface area contributed by atoms with Gasteiger partial charge in [0.25, 0.3) is 0 Å². The molecule has 27 heavy (non-hydrogen) atoms. The molecule has 0 aromatic heterocycles. The monoisotopic (exact) mass is 396 g/mol. The predicted molar refractivity (Wildman–Crippen MR) is 107 cm³/mol. The first-order chi connectivity index (χ1) is 12.8. The first-order valence-corrected chi connectivity index (χ1v) is 11.3. The van der Waals surface area contributed by atoms with Gasteiger partial charge in [-0.25, -0.2) is 12.7 Å². The van der Waals surface area contributed by atoms with Gasteiger partial charge in [-0.2, -0.15) is 0 Å². The van der Waals surface area contributed by atoms with Crippen LogP contribution in [-0.2, 0) is 14.8 Å². The molecule has 0 aliphatic carbocycles. The number of hydrogen-bond acceptors (Lipinski definition) is 4. The zero-order valence-electron chi connectivity index (χ0n) is 16.8. The molecule has 0 unspecified atom stereocenters. The average Bonchev–Trinajstić information content (AvgIpc) is 2.67. The van der Waals surface area contributed by atoms with Crippen molar-refractivity contribution in [1.82, 2.24) is 9.62 Å². The summed E-state index contributed by atoms with van der Waals surface area (Å²) in [6.45, 7) is 6.67. The molecule has 1 amide bonds. The van der Waals surface area contributed by atoms with Crippen LogP contribution in [-0.4, -0.2) is 44.6 Å². The lowest BCUT2D eigenvalue weighted by Gasteiger charge is -2.32. The normalized spacial score (nSPS) is 19.7. The van der Waals surface area contributed by atoms with Crippen LogP contribution in [0.3, 0.4) is 0 Å². The summed E-state index contributed by atoms with van der Waals surface area (Å²) in [5, 5.41) is 3.16. The molecule has 1 aliphatic heterocycles. The smallest absolute Gasteiger partial charge is 0.224 e. The van der Waals surface area contributed by atoms with Gasteiger partial charge >= 0.3 is 0 Å². The third-order valence-corrected chi connectivity index (χ3v) is 6.90. The molecule has 1 aromatic rings. The predicted octanol–water partition coefficient (Wildman–Crippen LogP) is 2.96. The molecule has 6 nitrogen and oxygen atoms in total. The van der Waals surface area contributed by atoms with Crippen LogP contribution in [0.25, 0.3) is 0 Å². The third kappa shape index (κ3) is 5.94. The minimum absolute atomic E-state index is 0.0625. The van der Waals surface area contributed by atoms with Gasteiger partial charge in [0.15, 0.2) is 0 Å². The van der Waals surface area contributed by atoms with Crippen LogP contribution in [0.5, 0.6) is 5.75 Å². The summed E-state index contributed by atoms with van der Waals surface area (Å²) in [6, 6.07) is 7.64. The Labute approximate surface area is 163 Å². The van der Waals surface area contributed by atoms with Gasteiger partial charge in [-0.3, -0.25) is 4.79 Å². The van der Waals surface area contributed by atoms with Crippen LogP contribution in [0.15, 0.2) is 24.3 Å². The Kier molecular flexibility index (Phi) is 7.68. The molecule has 2 rings (SSSR count). The van der Waals surface area contributed by atoms with Crippen LogP contribution in [0.4, 0.5) is 0 Å². The van der Waals surface area contributed by atoms with Gasteiger partial charge < -0.3 is 10.1 Å². The van der Waals surface area contributed by atoms with Gasteiger partial charge in [0.2, 0.25) is 15.9 Å². The highest BCUT2D eigenvalue weighted by molar-refractivity contribution is 7.89. The molecule has 0 bridgehead atoms. The lowest BCUT2D eigenvalue weighted by atomic mass is 9.94. The fraction of sp³-hybridized carbons (Fsp3) is 0.650. The third-order valence-electron chi connectivity index (χ3n) is 5.05. The Morgan fingerprint density at radius 3 is 2.52 bits per heavy atom. The SMILES string of the molecule is CCS(=O)(=O)N1CCC[C@@H](C(=O)N[C@H](CC(C)C)c2ccc(OC)cc2)C1. The van der Waals surface area contributed by atoms with Crippen molar-refractivity contribution in [2.75, 3.05) is 26.0 Å². The second kappa shape index (κ2) is 9.55. The highest BCUT2D eigenvalue weighted by atomic mass is 32.2. The van der Waals surface area contributed by atoms with Crippen molar-refractivity contribution in [3.8, 4) is 5.75 Å². The lowest BCUT2D eigenvalue weighted by Crippen LogP contribution is -2.46. The number of methoxy groups -OCH3 is 1. The maximum absolute atomic E-state index is 12.9. The van der Waals surface area contributed by atoms with E-state index >= 15 is 0 Å². The number of piperidine rings is 1. The van der Waals surface area contributed by atoms with E-state index in [1.807, 2.05) is 24.3 Å². The highest BCUT2D eigenvalue weighted by Crippen LogP contribution is 2.26. The minimum atomic E-state index is -3.26. The maximum Gasteiger partial charge on any atom is 0.224 e. The van der Waals surface area contributed by atoms with E-state index in [2.05, 4.69) is 19.2 Å². The number of carbonyl (C=O) groups excluding carboxylic acids is 1. The van der Waals surface area contributed by atoms with Crippen molar-refractivity contribution in [1.29, 1.82) is 0 Å². The molecular weight excluding hydrogens is 364 g/mol. The Balaban J connectivity index is 2.10. The second-order valence-corrected chi connectivity index (χ2v) is 9.82. The number of ether oxygens (including phenoxy) is 1. The van der Waals surface area contributed by atoms with Crippen LogP contribution < -0.4 is 10.1 Å². The van der Waals surface area contributed by atoms with Crippen molar-refractivity contribution < 1.29 is 17.9 Å². The van der Waals surface area contributed by atoms with Gasteiger partial charge in [0, 0.05) is 13.1 Å². The number of rotatable bonds is 8. The number of benzene rings is 1. The van der Waals surface area contributed by atoms with E-state index in [1.165, 1.54) is 4.31 Å². The van der Waals surface area contributed by atoms with E-state index < -0.39 is 10.0 Å². The standard InChI is InChI=1S/C20H32N2O4S/c1-5-27(24,25)22-12-6-7-17(14-22)20(23)21-19(13-15(2)3)16-8-10-18(26-4)11-9-16/h8-11,15,17,19H,5-7,12-14H2,1-4H3,(H,21,23)/t17-,19-/m1/s1. The van der Waals surface area contributed by atoms with Gasteiger partial charge in [-0.05, 0) is 49.8 Å². The van der Waals surface area contributed by atoms with Gasteiger partial charge in [-0.15, -0.1) is 0 Å². The summed E-state index contributed by atoms with van der Waals surface area (Å²) in [7, 11) is -1.63. The molecule has 1 heterocycles. The molecule has 0 spiro atoms. The largest absolute Gasteiger partial charge is 0.497 e. The zero-order valence-corrected chi connectivity index (χ0v) is 17.6. The number of amides is 1. The van der Waals surface area contributed by atoms with E-state index in [1.54, 1.807) is 14.0 Å². The summed E-state index contributed by atoms with van der Waals surface area (Å²) < 4.78 is 31.0. The van der Waals surface area contributed by atoms with Crippen molar-refractivity contribution in [2.45, 2.75) is 46.1 Å². The summed E-state index contributed by atoms with van der Waals surface area (Å²) in [5.74, 6) is 0.908. The van der Waals surface area contributed by atoms with E-state index in [4.69, 9.17) is 4.74 Å². The summed E-state index contributed by atoms with van der Waals surface area (Å²) in [4.78, 5) is 12.9. The van der Waals surface area contributed by atoms with Crippen LogP contribution >= 0.6 is 0 Å². The number of carbonyl (C=O) groups is 1. The number of hydrogen-bond donors (Lipinski definition) is 1. The first-order valence-electron chi connectivity index (χ1n) is 9.69. The average molecular weight is 397 g/mol. The first kappa shape index (κ1) is 21.7. The molecule has 1 N–H and O–H groups in total. The lowest BCUT2D eigenvalue weighted by molar-refractivity contribution is -0.127. The van der Waals surface area contributed by atoms with Gasteiger partial charge in [0.1, 0.15) is 5.75 Å². The number of nitrogens with one attached hydrogen (secondary N) is 1. The van der Waals surface area contributed by atoms with E-state index in [-0.39, 0.29) is 30.2 Å². The Morgan fingerprint density at radius 1 is 1.30 bits per heavy atom. The fourth-order valence-electron chi connectivity index (χ4n) is 3.47. The molecule has 2 atom stereocenters. The minimum Gasteiger partial charge on any atom is -0.497 e. The molecule has 0 saturated carbocycles. The Hall–Kier alpha value is -1.60. The molecule has 152 valence electrons. The number of sulfonamides is 1. The molecule has 7 heteroatoms. The number of nitrogens with zero attached hydrogens (tertiary/aromatic N) is 1. The van der Waals surface area contributed by atoms with Crippen molar-refractivity contribution >= 4 is 15.9 Å². The molecule has 0 radical (unpaired) electrons. The van der Waals surface area contributed by atoms with Crippen molar-refractivity contribution in [3.05, 3.63) is 29.8 Å². The van der Waals surface area contributed by atoms with Crippen molar-refractivity contribution in [3.63, 3.8) is 0 Å². The summed E-state index contributed by atoms with van der Waals surface area (Å²) in [5.41, 5.74) is 1.03. The summed E-state index contributed by atoms with van der Waals surface area (Å²) in [6.07, 6.45) is 2.26. The topological polar surface area (TPSA) is 75.7 Å². The van der Waals surface area contributed by atoms with Gasteiger partial charge in [-0.1, -0.05) is 26.0 Å².